The van der Waals surface area contributed by atoms with E-state index < -0.39 is 0 Å². The molecule has 0 aliphatic heterocycles. The first-order chi connectivity index (χ1) is 13.6. The molecule has 0 fully saturated rings. The molecule has 0 bridgehead atoms. The van der Waals surface area contributed by atoms with E-state index in [0.717, 1.165) is 44.9 Å². The SMILES string of the molecule is CCCCCCCCCCCOC(=O)CCCCCCC(O)CN(C)CCO. The molecule has 0 saturated carbocycles. The molecule has 5 nitrogen and oxygen atoms in total. The first-order valence-electron chi connectivity index (χ1n) is 11.7. The number of nitrogens with zero attached hydrogens (tertiary/aromatic N) is 1. The molecule has 0 aromatic carbocycles. The van der Waals surface area contributed by atoms with Gasteiger partial charge in [0.15, 0.2) is 0 Å². The van der Waals surface area contributed by atoms with E-state index in [1.165, 1.54) is 44.9 Å². The molecule has 0 radical (unpaired) electrons. The van der Waals surface area contributed by atoms with Gasteiger partial charge in [0.25, 0.3) is 0 Å². The maximum atomic E-state index is 11.7. The Hall–Kier alpha value is -0.650. The lowest BCUT2D eigenvalue weighted by Gasteiger charge is -2.19. The van der Waals surface area contributed by atoms with Crippen LogP contribution in [0.4, 0.5) is 0 Å². The van der Waals surface area contributed by atoms with Crippen molar-refractivity contribution in [3.63, 3.8) is 0 Å². The second-order valence-corrected chi connectivity index (χ2v) is 8.14. The van der Waals surface area contributed by atoms with Crippen LogP contribution >= 0.6 is 0 Å². The van der Waals surface area contributed by atoms with Gasteiger partial charge in [-0.1, -0.05) is 77.6 Å². The highest BCUT2D eigenvalue weighted by Crippen LogP contribution is 2.11. The number of rotatable bonds is 21. The van der Waals surface area contributed by atoms with E-state index in [2.05, 4.69) is 6.92 Å². The third kappa shape index (κ3) is 20.1. The van der Waals surface area contributed by atoms with Crippen molar-refractivity contribution in [1.82, 2.24) is 4.90 Å². The molecule has 0 heterocycles. The van der Waals surface area contributed by atoms with Crippen molar-refractivity contribution in [3.8, 4) is 0 Å². The van der Waals surface area contributed by atoms with Crippen LogP contribution in [0.15, 0.2) is 0 Å². The maximum Gasteiger partial charge on any atom is 0.305 e. The van der Waals surface area contributed by atoms with Crippen LogP contribution in [0.3, 0.4) is 0 Å². The minimum atomic E-state index is -0.335. The van der Waals surface area contributed by atoms with E-state index in [-0.39, 0.29) is 18.7 Å². The van der Waals surface area contributed by atoms with Gasteiger partial charge in [-0.2, -0.15) is 0 Å². The van der Waals surface area contributed by atoms with Gasteiger partial charge in [-0.25, -0.2) is 0 Å². The van der Waals surface area contributed by atoms with E-state index in [4.69, 9.17) is 9.84 Å². The van der Waals surface area contributed by atoms with Gasteiger partial charge in [0.2, 0.25) is 0 Å². The minimum Gasteiger partial charge on any atom is -0.466 e. The van der Waals surface area contributed by atoms with Crippen molar-refractivity contribution in [3.05, 3.63) is 0 Å². The second kappa shape index (κ2) is 21.1. The lowest BCUT2D eigenvalue weighted by atomic mass is 10.1. The van der Waals surface area contributed by atoms with E-state index >= 15 is 0 Å². The summed E-state index contributed by atoms with van der Waals surface area (Å²) in [5, 5.41) is 18.8. The van der Waals surface area contributed by atoms with Crippen molar-refractivity contribution in [1.29, 1.82) is 0 Å². The standard InChI is InChI=1S/C23H47NO4/c1-3-4-5-6-7-8-9-12-15-20-28-23(27)17-14-11-10-13-16-22(26)21-24(2)18-19-25/h22,25-26H,3-21H2,1-2H3. The number of unbranched alkanes of at least 4 members (excludes halogenated alkanes) is 11. The lowest BCUT2D eigenvalue weighted by molar-refractivity contribution is -0.143. The number of aliphatic hydroxyl groups excluding tert-OH is 2. The normalized spacial score (nSPS) is 12.5. The Kier molecular flexibility index (Phi) is 20.6. The Labute approximate surface area is 173 Å². The Morgan fingerprint density at radius 3 is 2.11 bits per heavy atom. The molecule has 2 N–H and O–H groups in total. The number of hydrogen-bond donors (Lipinski definition) is 2. The number of aliphatic hydroxyl groups is 2. The largest absolute Gasteiger partial charge is 0.466 e. The van der Waals surface area contributed by atoms with Crippen LogP contribution in [-0.4, -0.2) is 60.5 Å². The predicted octanol–water partition coefficient (Wildman–Crippen LogP) is 4.69. The molecule has 0 aliphatic carbocycles. The Morgan fingerprint density at radius 1 is 0.893 bits per heavy atom. The van der Waals surface area contributed by atoms with E-state index in [9.17, 15) is 9.90 Å². The summed E-state index contributed by atoms with van der Waals surface area (Å²) >= 11 is 0. The topological polar surface area (TPSA) is 70.0 Å². The Morgan fingerprint density at radius 2 is 1.46 bits per heavy atom. The summed E-state index contributed by atoms with van der Waals surface area (Å²) < 4.78 is 5.31. The lowest BCUT2D eigenvalue weighted by Crippen LogP contribution is -2.31. The molecule has 5 heteroatoms. The molecular formula is C23H47NO4. The summed E-state index contributed by atoms with van der Waals surface area (Å²) in [6.45, 7) is 4.14. The molecule has 1 atom stereocenters. The van der Waals surface area contributed by atoms with Crippen molar-refractivity contribution in [2.75, 3.05) is 33.4 Å². The van der Waals surface area contributed by atoms with E-state index in [1.54, 1.807) is 0 Å². The monoisotopic (exact) mass is 401 g/mol. The number of carbonyl (C=O) groups excluding carboxylic acids is 1. The minimum absolute atomic E-state index is 0.0646. The van der Waals surface area contributed by atoms with Gasteiger partial charge >= 0.3 is 5.97 Å². The second-order valence-electron chi connectivity index (χ2n) is 8.14. The van der Waals surface area contributed by atoms with E-state index in [0.29, 0.717) is 26.1 Å². The number of hydrogen-bond acceptors (Lipinski definition) is 5. The average molecular weight is 402 g/mol. The van der Waals surface area contributed by atoms with Crippen LogP contribution in [0.25, 0.3) is 0 Å². The van der Waals surface area contributed by atoms with Gasteiger partial charge in [-0.15, -0.1) is 0 Å². The molecule has 0 spiro atoms. The van der Waals surface area contributed by atoms with Gasteiger partial charge in [0, 0.05) is 19.5 Å². The summed E-state index contributed by atoms with van der Waals surface area (Å²) in [6.07, 6.45) is 16.3. The highest BCUT2D eigenvalue weighted by Gasteiger charge is 2.08. The highest BCUT2D eigenvalue weighted by molar-refractivity contribution is 5.69. The Balaban J connectivity index is 3.31. The smallest absolute Gasteiger partial charge is 0.305 e. The Bertz CT molecular complexity index is 339. The van der Waals surface area contributed by atoms with E-state index in [1.807, 2.05) is 11.9 Å². The molecule has 0 rings (SSSR count). The van der Waals surface area contributed by atoms with Crippen LogP contribution in [0.1, 0.15) is 103 Å². The molecule has 28 heavy (non-hydrogen) atoms. The quantitative estimate of drug-likeness (QED) is 0.216. The predicted molar refractivity (Wildman–Crippen MR) is 116 cm³/mol. The molecule has 0 amide bonds. The van der Waals surface area contributed by atoms with Crippen LogP contribution in [-0.2, 0) is 9.53 Å². The summed E-state index contributed by atoms with van der Waals surface area (Å²) in [5.74, 6) is -0.0646. The zero-order chi connectivity index (χ0) is 20.9. The van der Waals surface area contributed by atoms with Crippen LogP contribution < -0.4 is 0 Å². The number of likely N-dealkylation sites (N-methyl/N-ethyl adjacent to an activating group) is 1. The van der Waals surface area contributed by atoms with Crippen LogP contribution in [0, 0.1) is 0 Å². The van der Waals surface area contributed by atoms with Crippen molar-refractivity contribution in [2.24, 2.45) is 0 Å². The third-order valence-corrected chi connectivity index (χ3v) is 5.18. The molecule has 0 aromatic heterocycles. The van der Waals surface area contributed by atoms with Crippen molar-refractivity contribution >= 4 is 5.97 Å². The number of ether oxygens (including phenoxy) is 1. The third-order valence-electron chi connectivity index (χ3n) is 5.18. The number of carbonyl (C=O) groups is 1. The summed E-state index contributed by atoms with van der Waals surface area (Å²) in [4.78, 5) is 13.7. The van der Waals surface area contributed by atoms with Gasteiger partial charge in [-0.3, -0.25) is 4.79 Å². The van der Waals surface area contributed by atoms with Gasteiger partial charge < -0.3 is 19.8 Å². The summed E-state index contributed by atoms with van der Waals surface area (Å²) in [6, 6.07) is 0. The maximum absolute atomic E-state index is 11.7. The van der Waals surface area contributed by atoms with Crippen molar-refractivity contribution in [2.45, 2.75) is 109 Å². The van der Waals surface area contributed by atoms with Gasteiger partial charge in [-0.05, 0) is 26.3 Å². The highest BCUT2D eigenvalue weighted by atomic mass is 16.5. The molecule has 1 unspecified atom stereocenters. The van der Waals surface area contributed by atoms with Gasteiger partial charge in [0.1, 0.15) is 0 Å². The molecule has 0 saturated heterocycles. The first-order valence-corrected chi connectivity index (χ1v) is 11.7. The molecule has 0 aliphatic rings. The first kappa shape index (κ1) is 27.4. The summed E-state index contributed by atoms with van der Waals surface area (Å²) in [5.41, 5.74) is 0. The number of esters is 1. The van der Waals surface area contributed by atoms with Crippen molar-refractivity contribution < 1.29 is 19.7 Å². The molecule has 0 aromatic rings. The fourth-order valence-corrected chi connectivity index (χ4v) is 3.39. The fourth-order valence-electron chi connectivity index (χ4n) is 3.39. The van der Waals surface area contributed by atoms with Crippen LogP contribution in [0.5, 0.6) is 0 Å². The average Bonchev–Trinajstić information content (AvgIpc) is 2.66. The zero-order valence-corrected chi connectivity index (χ0v) is 18.7. The summed E-state index contributed by atoms with van der Waals surface area (Å²) in [7, 11) is 1.90. The zero-order valence-electron chi connectivity index (χ0n) is 18.7. The van der Waals surface area contributed by atoms with Crippen LogP contribution in [0.2, 0.25) is 0 Å². The molecule has 168 valence electrons. The fraction of sp³-hybridized carbons (Fsp3) is 0.957. The molecular weight excluding hydrogens is 354 g/mol. The van der Waals surface area contributed by atoms with Gasteiger partial charge in [0.05, 0.1) is 19.3 Å².